The Morgan fingerprint density at radius 2 is 2.14 bits per heavy atom. The number of hydrogen-bond donors (Lipinski definition) is 1. The van der Waals surface area contributed by atoms with Crippen molar-refractivity contribution in [2.75, 3.05) is 6.61 Å². The summed E-state index contributed by atoms with van der Waals surface area (Å²) in [6.45, 7) is 7.48. The van der Waals surface area contributed by atoms with Crippen LogP contribution in [0.2, 0.25) is 0 Å². The van der Waals surface area contributed by atoms with Crippen LogP contribution in [-0.4, -0.2) is 35.9 Å². The number of rotatable bonds is 2. The van der Waals surface area contributed by atoms with Crippen LogP contribution in [0.5, 0.6) is 0 Å². The van der Waals surface area contributed by atoms with Crippen LogP contribution in [0.15, 0.2) is 12.2 Å². The summed E-state index contributed by atoms with van der Waals surface area (Å²) in [7, 11) is 0. The second kappa shape index (κ2) is 5.37. The smallest absolute Gasteiger partial charge is 0.334 e. The molecule has 0 aromatic heterocycles. The molecule has 3 aliphatic rings. The van der Waals surface area contributed by atoms with Crippen molar-refractivity contribution in [3.05, 3.63) is 12.2 Å². The third kappa shape index (κ3) is 2.09. The van der Waals surface area contributed by atoms with Crippen LogP contribution in [0.4, 0.5) is 0 Å². The lowest BCUT2D eigenvalue weighted by Crippen LogP contribution is -2.48. The predicted molar refractivity (Wildman–Crippen MR) is 78.7 cm³/mol. The lowest BCUT2D eigenvalue weighted by Gasteiger charge is -2.42. The number of carbonyl (C=O) groups excluding carboxylic acids is 2. The van der Waals surface area contributed by atoms with E-state index in [0.717, 1.165) is 25.7 Å². The van der Waals surface area contributed by atoms with E-state index in [-0.39, 0.29) is 48.5 Å². The first kappa shape index (κ1) is 15.5. The average molecular weight is 308 g/mol. The van der Waals surface area contributed by atoms with E-state index in [4.69, 9.17) is 9.47 Å². The molecule has 1 saturated heterocycles. The van der Waals surface area contributed by atoms with Crippen LogP contribution >= 0.6 is 0 Å². The second-order valence-electron chi connectivity index (χ2n) is 7.13. The van der Waals surface area contributed by atoms with Crippen LogP contribution in [-0.2, 0) is 19.1 Å². The topological polar surface area (TPSA) is 72.8 Å². The van der Waals surface area contributed by atoms with E-state index in [1.54, 1.807) is 0 Å². The summed E-state index contributed by atoms with van der Waals surface area (Å²) in [6.07, 6.45) is 2.70. The van der Waals surface area contributed by atoms with E-state index in [0.29, 0.717) is 5.57 Å². The van der Waals surface area contributed by atoms with Gasteiger partial charge in [0, 0.05) is 30.4 Å². The molecule has 22 heavy (non-hydrogen) atoms. The average Bonchev–Trinajstić information content (AvgIpc) is 2.89. The first-order valence-corrected chi connectivity index (χ1v) is 8.07. The Kier molecular flexibility index (Phi) is 3.79. The highest BCUT2D eigenvalue weighted by Gasteiger charge is 2.62. The van der Waals surface area contributed by atoms with Crippen LogP contribution < -0.4 is 0 Å². The standard InChI is InChI=1S/C17H24O5/c1-9-12-5-4-11(8-18)13-6-7-14(21-10(2)19)17(13,3)15(12)22-16(9)20/h11-15,18H,1,4-8H2,2-3H3. The second-order valence-corrected chi connectivity index (χ2v) is 7.13. The van der Waals surface area contributed by atoms with Crippen molar-refractivity contribution in [2.45, 2.75) is 51.7 Å². The van der Waals surface area contributed by atoms with Gasteiger partial charge in [-0.2, -0.15) is 0 Å². The van der Waals surface area contributed by atoms with Gasteiger partial charge in [-0.3, -0.25) is 4.79 Å². The molecule has 6 unspecified atom stereocenters. The first-order chi connectivity index (χ1) is 10.4. The Hall–Kier alpha value is -1.36. The van der Waals surface area contributed by atoms with Gasteiger partial charge in [-0.25, -0.2) is 4.79 Å². The van der Waals surface area contributed by atoms with Gasteiger partial charge in [0.2, 0.25) is 0 Å². The largest absolute Gasteiger partial charge is 0.462 e. The molecule has 0 aromatic carbocycles. The highest BCUT2D eigenvalue weighted by molar-refractivity contribution is 5.91. The Morgan fingerprint density at radius 1 is 1.41 bits per heavy atom. The third-order valence-corrected chi connectivity index (χ3v) is 6.12. The van der Waals surface area contributed by atoms with Crippen LogP contribution in [0.1, 0.15) is 39.5 Å². The lowest BCUT2D eigenvalue weighted by molar-refractivity contribution is -0.167. The van der Waals surface area contributed by atoms with E-state index in [9.17, 15) is 14.7 Å². The quantitative estimate of drug-likeness (QED) is 0.622. The third-order valence-electron chi connectivity index (χ3n) is 6.12. The Bertz CT molecular complexity index is 513. The van der Waals surface area contributed by atoms with Gasteiger partial charge in [-0.15, -0.1) is 0 Å². The molecule has 1 heterocycles. The molecule has 0 spiro atoms. The summed E-state index contributed by atoms with van der Waals surface area (Å²) in [5, 5.41) is 9.79. The van der Waals surface area contributed by atoms with Gasteiger partial charge in [-0.1, -0.05) is 13.5 Å². The SMILES string of the molecule is C=C1C(=O)OC2C1CCC(CO)C1CCC(OC(C)=O)C12C. The van der Waals surface area contributed by atoms with Gasteiger partial charge < -0.3 is 14.6 Å². The fourth-order valence-electron chi connectivity index (χ4n) is 5.02. The van der Waals surface area contributed by atoms with Gasteiger partial charge in [-0.05, 0) is 37.5 Å². The van der Waals surface area contributed by atoms with E-state index >= 15 is 0 Å². The summed E-state index contributed by atoms with van der Waals surface area (Å²) >= 11 is 0. The van der Waals surface area contributed by atoms with Crippen molar-refractivity contribution in [1.29, 1.82) is 0 Å². The molecule has 1 N–H and O–H groups in total. The number of hydrogen-bond acceptors (Lipinski definition) is 5. The molecule has 5 nitrogen and oxygen atoms in total. The molecule has 3 rings (SSSR count). The Balaban J connectivity index is 2.01. The number of aliphatic hydroxyl groups excluding tert-OH is 1. The molecular weight excluding hydrogens is 284 g/mol. The summed E-state index contributed by atoms with van der Waals surface area (Å²) in [4.78, 5) is 23.5. The molecule has 3 fully saturated rings. The summed E-state index contributed by atoms with van der Waals surface area (Å²) < 4.78 is 11.2. The highest BCUT2D eigenvalue weighted by Crippen LogP contribution is 2.58. The summed E-state index contributed by atoms with van der Waals surface area (Å²) in [6, 6.07) is 0. The number of carbonyl (C=O) groups is 2. The van der Waals surface area contributed by atoms with Gasteiger partial charge >= 0.3 is 11.9 Å². The minimum atomic E-state index is -0.449. The molecule has 122 valence electrons. The minimum Gasteiger partial charge on any atom is -0.462 e. The van der Waals surface area contributed by atoms with E-state index < -0.39 is 5.41 Å². The van der Waals surface area contributed by atoms with Gasteiger partial charge in [0.15, 0.2) is 0 Å². The van der Waals surface area contributed by atoms with Gasteiger partial charge in [0.05, 0.1) is 0 Å². The number of esters is 2. The molecule has 1 aliphatic heterocycles. The van der Waals surface area contributed by atoms with Crippen molar-refractivity contribution < 1.29 is 24.2 Å². The minimum absolute atomic E-state index is 0.0345. The monoisotopic (exact) mass is 308 g/mol. The Labute approximate surface area is 130 Å². The summed E-state index contributed by atoms with van der Waals surface area (Å²) in [5.41, 5.74) is 0.0760. The number of fused-ring (bicyclic) bond motifs is 3. The van der Waals surface area contributed by atoms with E-state index in [1.165, 1.54) is 6.92 Å². The molecule has 0 radical (unpaired) electrons. The highest BCUT2D eigenvalue weighted by atomic mass is 16.6. The maximum absolute atomic E-state index is 12.0. The van der Waals surface area contributed by atoms with Gasteiger partial charge in [0.25, 0.3) is 0 Å². The van der Waals surface area contributed by atoms with Crippen molar-refractivity contribution in [1.82, 2.24) is 0 Å². The Morgan fingerprint density at radius 3 is 2.77 bits per heavy atom. The maximum Gasteiger partial charge on any atom is 0.334 e. The molecule has 0 amide bonds. The molecule has 2 saturated carbocycles. The zero-order valence-electron chi connectivity index (χ0n) is 13.2. The predicted octanol–water partition coefficient (Wildman–Crippen LogP) is 1.83. The fourth-order valence-corrected chi connectivity index (χ4v) is 5.02. The van der Waals surface area contributed by atoms with Crippen molar-refractivity contribution >= 4 is 11.9 Å². The maximum atomic E-state index is 12.0. The number of ether oxygens (including phenoxy) is 2. The van der Waals surface area contributed by atoms with E-state index in [1.807, 2.05) is 0 Å². The normalized spacial score (nSPS) is 44.0. The molecule has 0 aromatic rings. The van der Waals surface area contributed by atoms with Crippen LogP contribution in [0.3, 0.4) is 0 Å². The van der Waals surface area contributed by atoms with Crippen LogP contribution in [0.25, 0.3) is 0 Å². The lowest BCUT2D eigenvalue weighted by atomic mass is 9.67. The summed E-state index contributed by atoms with van der Waals surface area (Å²) in [5.74, 6) is -0.326. The first-order valence-electron chi connectivity index (χ1n) is 8.07. The zero-order valence-corrected chi connectivity index (χ0v) is 13.2. The van der Waals surface area contributed by atoms with Crippen molar-refractivity contribution in [3.8, 4) is 0 Å². The molecule has 0 bridgehead atoms. The van der Waals surface area contributed by atoms with Crippen molar-refractivity contribution in [3.63, 3.8) is 0 Å². The molecule has 5 heteroatoms. The van der Waals surface area contributed by atoms with Crippen molar-refractivity contribution in [2.24, 2.45) is 23.2 Å². The fraction of sp³-hybridized carbons (Fsp3) is 0.765. The van der Waals surface area contributed by atoms with E-state index in [2.05, 4.69) is 13.5 Å². The number of aliphatic hydroxyl groups is 1. The van der Waals surface area contributed by atoms with Gasteiger partial charge in [0.1, 0.15) is 12.2 Å². The molecule has 2 aliphatic carbocycles. The zero-order chi connectivity index (χ0) is 16.1. The van der Waals surface area contributed by atoms with Crippen LogP contribution in [0, 0.1) is 23.2 Å². The molecule has 6 atom stereocenters. The molecular formula is C17H24O5.